The third-order valence-corrected chi connectivity index (χ3v) is 7.30. The highest BCUT2D eigenvalue weighted by molar-refractivity contribution is 8.02. The second-order valence-electron chi connectivity index (χ2n) is 6.65. The molecule has 0 unspecified atom stereocenters. The topological polar surface area (TPSA) is 21.6 Å². The molecule has 1 aliphatic carbocycles. The van der Waals surface area contributed by atoms with Gasteiger partial charge in [-0.2, -0.15) is 0 Å². The van der Waals surface area contributed by atoms with E-state index >= 15 is 0 Å². The first-order valence-electron chi connectivity index (χ1n) is 8.42. The first-order chi connectivity index (χ1) is 11.4. The molecule has 2 aliphatic heterocycles. The molecule has 0 aromatic heterocycles. The van der Waals surface area contributed by atoms with Gasteiger partial charge >= 0.3 is 0 Å². The number of nitrogens with zero attached hydrogens (tertiary/aromatic N) is 1. The minimum absolute atomic E-state index is 0.184. The van der Waals surface area contributed by atoms with E-state index in [0.717, 1.165) is 6.42 Å². The summed E-state index contributed by atoms with van der Waals surface area (Å²) in [5.74, 6) is 0.481. The number of benzene rings is 2. The summed E-state index contributed by atoms with van der Waals surface area (Å²) >= 11 is 2.10. The van der Waals surface area contributed by atoms with Gasteiger partial charge in [-0.1, -0.05) is 65.8 Å². The van der Waals surface area contributed by atoms with Crippen molar-refractivity contribution in [1.82, 2.24) is 0 Å². The van der Waals surface area contributed by atoms with Crippen molar-refractivity contribution in [2.75, 3.05) is 0 Å². The molecule has 5 rings (SSSR count). The molecule has 23 heavy (non-hydrogen) atoms. The highest BCUT2D eigenvalue weighted by Crippen LogP contribution is 2.60. The van der Waals surface area contributed by atoms with E-state index in [0.29, 0.717) is 17.3 Å². The molecule has 116 valence electrons. The Labute approximate surface area is 140 Å². The Morgan fingerprint density at radius 3 is 2.22 bits per heavy atom. The predicted molar refractivity (Wildman–Crippen MR) is 94.7 cm³/mol. The van der Waals surface area contributed by atoms with Crippen LogP contribution in [0.5, 0.6) is 0 Å². The Hall–Kier alpha value is -1.74. The van der Waals surface area contributed by atoms with Crippen LogP contribution < -0.4 is 0 Å². The van der Waals surface area contributed by atoms with E-state index in [1.807, 2.05) is 0 Å². The van der Waals surface area contributed by atoms with Gasteiger partial charge in [-0.15, -0.1) is 11.8 Å². The Kier molecular flexibility index (Phi) is 3.05. The van der Waals surface area contributed by atoms with Gasteiger partial charge in [-0.05, 0) is 30.4 Å². The monoisotopic (exact) mass is 321 g/mol. The van der Waals surface area contributed by atoms with Gasteiger partial charge < -0.3 is 4.84 Å². The van der Waals surface area contributed by atoms with Crippen LogP contribution in [0.3, 0.4) is 0 Å². The average Bonchev–Trinajstić information content (AvgIpc) is 3.21. The van der Waals surface area contributed by atoms with Crippen LogP contribution in [-0.4, -0.2) is 17.1 Å². The zero-order valence-corrected chi connectivity index (χ0v) is 13.7. The summed E-state index contributed by atoms with van der Waals surface area (Å²) in [5, 5.41) is 5.26. The maximum atomic E-state index is 5.86. The van der Waals surface area contributed by atoms with Crippen molar-refractivity contribution < 1.29 is 4.84 Å². The molecule has 0 radical (unpaired) electrons. The third kappa shape index (κ3) is 1.86. The zero-order chi connectivity index (χ0) is 15.3. The summed E-state index contributed by atoms with van der Waals surface area (Å²) in [6.45, 7) is 0. The first-order valence-corrected chi connectivity index (χ1v) is 9.30. The van der Waals surface area contributed by atoms with Gasteiger partial charge in [0.1, 0.15) is 10.9 Å². The molecule has 0 N–H and O–H groups in total. The van der Waals surface area contributed by atoms with E-state index in [1.165, 1.54) is 29.7 Å². The molecule has 3 atom stereocenters. The van der Waals surface area contributed by atoms with Crippen molar-refractivity contribution in [3.63, 3.8) is 0 Å². The smallest absolute Gasteiger partial charge is 0.136 e. The van der Waals surface area contributed by atoms with Gasteiger partial charge in [0.25, 0.3) is 0 Å². The fourth-order valence-electron chi connectivity index (χ4n) is 4.44. The molecule has 2 nitrogen and oxygen atoms in total. The fourth-order valence-corrected chi connectivity index (χ4v) is 6.47. The van der Waals surface area contributed by atoms with Gasteiger partial charge in [0.05, 0.1) is 11.6 Å². The molecule has 2 aromatic carbocycles. The summed E-state index contributed by atoms with van der Waals surface area (Å²) < 4.78 is -0.184. The summed E-state index contributed by atoms with van der Waals surface area (Å²) in [4.78, 5) is 5.86. The Balaban J connectivity index is 1.74. The highest BCUT2D eigenvalue weighted by atomic mass is 32.2. The summed E-state index contributed by atoms with van der Waals surface area (Å²) in [6.07, 6.45) is 3.97. The molecule has 1 saturated heterocycles. The summed E-state index contributed by atoms with van der Waals surface area (Å²) in [6, 6.07) is 21.7. The van der Waals surface area contributed by atoms with Crippen LogP contribution in [0.2, 0.25) is 0 Å². The third-order valence-electron chi connectivity index (χ3n) is 5.43. The van der Waals surface area contributed by atoms with Crippen LogP contribution in [0, 0.1) is 5.92 Å². The summed E-state index contributed by atoms with van der Waals surface area (Å²) in [5.41, 5.74) is 3.90. The minimum atomic E-state index is -0.184. The van der Waals surface area contributed by atoms with Crippen LogP contribution in [0.1, 0.15) is 30.4 Å². The average molecular weight is 321 g/mol. The van der Waals surface area contributed by atoms with Crippen molar-refractivity contribution in [2.45, 2.75) is 35.4 Å². The number of hydrogen-bond acceptors (Lipinski definition) is 3. The van der Waals surface area contributed by atoms with Crippen LogP contribution in [0.15, 0.2) is 65.8 Å². The molecule has 3 heteroatoms. The lowest BCUT2D eigenvalue weighted by Gasteiger charge is -2.30. The summed E-state index contributed by atoms with van der Waals surface area (Å²) in [7, 11) is 0. The molecule has 1 saturated carbocycles. The second-order valence-corrected chi connectivity index (χ2v) is 8.10. The number of hydrogen-bond donors (Lipinski definition) is 0. The van der Waals surface area contributed by atoms with Gasteiger partial charge in [-0.25, -0.2) is 0 Å². The van der Waals surface area contributed by atoms with Crippen LogP contribution in [0.4, 0.5) is 0 Å². The minimum Gasteiger partial charge on any atom is -0.392 e. The zero-order valence-electron chi connectivity index (χ0n) is 12.9. The first kappa shape index (κ1) is 13.7. The normalized spacial score (nSPS) is 30.4. The number of oxime groups is 1. The van der Waals surface area contributed by atoms with Crippen molar-refractivity contribution in [2.24, 2.45) is 11.1 Å². The number of thioether (sulfide) groups is 1. The quantitative estimate of drug-likeness (QED) is 0.806. The van der Waals surface area contributed by atoms with E-state index in [-0.39, 0.29) is 4.75 Å². The van der Waals surface area contributed by atoms with Gasteiger partial charge in [-0.3, -0.25) is 0 Å². The van der Waals surface area contributed by atoms with Crippen LogP contribution >= 0.6 is 11.8 Å². The van der Waals surface area contributed by atoms with Crippen LogP contribution in [0.25, 0.3) is 0 Å². The molecule has 3 aliphatic rings. The SMILES string of the molecule is c1ccc(C2(c3ccccc3)S[C@H]3CCC[C@H]4ON=C2[C@@H]34)cc1. The molecule has 2 fully saturated rings. The Bertz CT molecular complexity index is 703. The Morgan fingerprint density at radius 1 is 0.913 bits per heavy atom. The van der Waals surface area contributed by atoms with Crippen molar-refractivity contribution in [3.8, 4) is 0 Å². The molecule has 0 bridgehead atoms. The van der Waals surface area contributed by atoms with E-state index in [9.17, 15) is 0 Å². The molecule has 2 heterocycles. The lowest BCUT2D eigenvalue weighted by atomic mass is 9.75. The standard InChI is InChI=1S/C20H19NOS/c1-3-8-14(9-4-1)20(15-10-5-2-6-11-15)19-18-16(22-21-19)12-7-13-17(18)23-20/h1-6,8-11,16-18H,7,12-13H2/t16-,17+,18-/m1/s1. The van der Waals surface area contributed by atoms with Crippen molar-refractivity contribution in [1.29, 1.82) is 0 Å². The molecule has 2 aromatic rings. The highest BCUT2D eigenvalue weighted by Gasteiger charge is 2.60. The van der Waals surface area contributed by atoms with Crippen LogP contribution in [-0.2, 0) is 9.58 Å². The largest absolute Gasteiger partial charge is 0.392 e. The fraction of sp³-hybridized carbons (Fsp3) is 0.350. The lowest BCUT2D eigenvalue weighted by molar-refractivity contribution is 0.0418. The van der Waals surface area contributed by atoms with E-state index in [1.54, 1.807) is 0 Å². The van der Waals surface area contributed by atoms with Gasteiger partial charge in [0, 0.05) is 5.25 Å². The lowest BCUT2D eigenvalue weighted by Crippen LogP contribution is -2.36. The van der Waals surface area contributed by atoms with E-state index in [4.69, 9.17) is 4.84 Å². The van der Waals surface area contributed by atoms with Crippen molar-refractivity contribution >= 4 is 17.5 Å². The van der Waals surface area contributed by atoms with Gasteiger partial charge in [0.15, 0.2) is 0 Å². The molecule has 0 spiro atoms. The Morgan fingerprint density at radius 2 is 1.57 bits per heavy atom. The van der Waals surface area contributed by atoms with Crippen molar-refractivity contribution in [3.05, 3.63) is 71.8 Å². The second kappa shape index (κ2) is 5.13. The predicted octanol–water partition coefficient (Wildman–Crippen LogP) is 4.60. The molecule has 0 amide bonds. The maximum absolute atomic E-state index is 5.86. The number of rotatable bonds is 2. The van der Waals surface area contributed by atoms with E-state index in [2.05, 4.69) is 77.6 Å². The van der Waals surface area contributed by atoms with Gasteiger partial charge in [0.2, 0.25) is 0 Å². The maximum Gasteiger partial charge on any atom is 0.136 e. The van der Waals surface area contributed by atoms with E-state index < -0.39 is 0 Å². The molecular weight excluding hydrogens is 302 g/mol. The molecular formula is C20H19NOS.